The SMILES string of the molecule is COc1ccc(N2C(=O)CC(Sc3ncccc3C(=O)O)C2=O)cc1Cl. The number of nitrogens with zero attached hydrogens (tertiary/aromatic N) is 2. The van der Waals surface area contributed by atoms with Crippen molar-refractivity contribution in [2.75, 3.05) is 12.0 Å². The first-order valence-corrected chi connectivity index (χ1v) is 8.73. The molecule has 1 N–H and O–H groups in total. The fourth-order valence-corrected chi connectivity index (χ4v) is 3.90. The third kappa shape index (κ3) is 3.38. The molecule has 0 aliphatic carbocycles. The number of aromatic nitrogens is 1. The van der Waals surface area contributed by atoms with E-state index in [9.17, 15) is 19.5 Å². The molecule has 1 fully saturated rings. The maximum absolute atomic E-state index is 12.7. The number of rotatable bonds is 5. The third-order valence-electron chi connectivity index (χ3n) is 3.75. The predicted molar refractivity (Wildman–Crippen MR) is 96.0 cm³/mol. The molecule has 0 bridgehead atoms. The van der Waals surface area contributed by atoms with Gasteiger partial charge in [0.15, 0.2) is 0 Å². The Morgan fingerprint density at radius 1 is 1.38 bits per heavy atom. The van der Waals surface area contributed by atoms with Gasteiger partial charge in [0.2, 0.25) is 11.8 Å². The van der Waals surface area contributed by atoms with Gasteiger partial charge in [-0.25, -0.2) is 14.7 Å². The van der Waals surface area contributed by atoms with Crippen molar-refractivity contribution >= 4 is 46.8 Å². The van der Waals surface area contributed by atoms with Crippen LogP contribution in [0.4, 0.5) is 5.69 Å². The minimum absolute atomic E-state index is 0.0105. The Balaban J connectivity index is 1.86. The van der Waals surface area contributed by atoms with Gasteiger partial charge in [-0.2, -0.15) is 0 Å². The second-order valence-corrected chi connectivity index (χ2v) is 6.96. The van der Waals surface area contributed by atoms with Crippen molar-refractivity contribution in [2.24, 2.45) is 0 Å². The molecule has 2 heterocycles. The van der Waals surface area contributed by atoms with E-state index in [1.807, 2.05) is 0 Å². The van der Waals surface area contributed by atoms with Gasteiger partial charge in [-0.05, 0) is 30.3 Å². The number of halogens is 1. The zero-order valence-corrected chi connectivity index (χ0v) is 15.1. The van der Waals surface area contributed by atoms with Gasteiger partial charge in [0, 0.05) is 12.6 Å². The Labute approximate surface area is 157 Å². The van der Waals surface area contributed by atoms with Gasteiger partial charge in [-0.1, -0.05) is 23.4 Å². The normalized spacial score (nSPS) is 16.8. The molecular weight excluding hydrogens is 380 g/mol. The molecule has 1 aliphatic heterocycles. The molecule has 1 atom stereocenters. The molecule has 1 unspecified atom stereocenters. The molecule has 9 heteroatoms. The molecule has 2 aromatic rings. The fraction of sp³-hybridized carbons (Fsp3) is 0.176. The molecule has 1 aromatic carbocycles. The van der Waals surface area contributed by atoms with Crippen LogP contribution in [0, 0.1) is 0 Å². The van der Waals surface area contributed by atoms with E-state index in [2.05, 4.69) is 4.98 Å². The predicted octanol–water partition coefficient (Wildman–Crippen LogP) is 2.87. The molecule has 26 heavy (non-hydrogen) atoms. The highest BCUT2D eigenvalue weighted by Crippen LogP contribution is 2.36. The lowest BCUT2D eigenvalue weighted by Gasteiger charge is -2.16. The van der Waals surface area contributed by atoms with Gasteiger partial charge in [-0.3, -0.25) is 9.59 Å². The molecule has 134 valence electrons. The summed E-state index contributed by atoms with van der Waals surface area (Å²) in [6.07, 6.45) is 1.39. The smallest absolute Gasteiger partial charge is 0.338 e. The number of carboxylic acid groups (broad SMARTS) is 1. The van der Waals surface area contributed by atoms with Crippen LogP contribution in [-0.2, 0) is 9.59 Å². The molecule has 3 rings (SSSR count). The molecule has 7 nitrogen and oxygen atoms in total. The van der Waals surface area contributed by atoms with E-state index in [1.165, 1.54) is 31.5 Å². The number of carbonyl (C=O) groups is 3. The highest BCUT2D eigenvalue weighted by atomic mass is 35.5. The number of carbonyl (C=O) groups excluding carboxylic acids is 2. The number of hydrogen-bond donors (Lipinski definition) is 1. The van der Waals surface area contributed by atoms with E-state index < -0.39 is 17.1 Å². The number of pyridine rings is 1. The van der Waals surface area contributed by atoms with Crippen LogP contribution in [0.3, 0.4) is 0 Å². The van der Waals surface area contributed by atoms with Crippen molar-refractivity contribution in [1.29, 1.82) is 0 Å². The van der Waals surface area contributed by atoms with E-state index in [1.54, 1.807) is 12.1 Å². The quantitative estimate of drug-likeness (QED) is 0.781. The number of anilines is 1. The number of thioether (sulfide) groups is 1. The summed E-state index contributed by atoms with van der Waals surface area (Å²) >= 11 is 7.04. The highest BCUT2D eigenvalue weighted by Gasteiger charge is 2.41. The number of carboxylic acids is 1. The average Bonchev–Trinajstić information content (AvgIpc) is 2.88. The first kappa shape index (κ1) is 18.2. The maximum atomic E-state index is 12.7. The topological polar surface area (TPSA) is 96.8 Å². The molecule has 1 aromatic heterocycles. The van der Waals surface area contributed by atoms with E-state index in [0.717, 1.165) is 16.7 Å². The van der Waals surface area contributed by atoms with Gasteiger partial charge >= 0.3 is 5.97 Å². The second kappa shape index (κ2) is 7.35. The minimum Gasteiger partial charge on any atom is -0.495 e. The zero-order valence-electron chi connectivity index (χ0n) is 13.5. The maximum Gasteiger partial charge on any atom is 0.338 e. The molecule has 2 amide bonds. The number of aromatic carboxylic acids is 1. The van der Waals surface area contributed by atoms with Crippen molar-refractivity contribution in [3.8, 4) is 5.75 Å². The van der Waals surface area contributed by atoms with Gasteiger partial charge in [0.05, 0.1) is 28.6 Å². The summed E-state index contributed by atoms with van der Waals surface area (Å²) in [6, 6.07) is 7.52. The number of methoxy groups -OCH3 is 1. The van der Waals surface area contributed by atoms with Crippen LogP contribution in [0.1, 0.15) is 16.8 Å². The summed E-state index contributed by atoms with van der Waals surface area (Å²) in [6.45, 7) is 0. The first-order valence-electron chi connectivity index (χ1n) is 7.47. The van der Waals surface area contributed by atoms with Crippen LogP contribution in [-0.4, -0.2) is 40.2 Å². The lowest BCUT2D eigenvalue weighted by atomic mass is 10.3. The lowest BCUT2D eigenvalue weighted by molar-refractivity contribution is -0.121. The van der Waals surface area contributed by atoms with Gasteiger partial charge in [0.25, 0.3) is 0 Å². The summed E-state index contributed by atoms with van der Waals surface area (Å²) in [5.41, 5.74) is 0.331. The Morgan fingerprint density at radius 3 is 2.81 bits per heavy atom. The van der Waals surface area contributed by atoms with E-state index >= 15 is 0 Å². The van der Waals surface area contributed by atoms with Gasteiger partial charge in [-0.15, -0.1) is 0 Å². The number of benzene rings is 1. The van der Waals surface area contributed by atoms with Crippen LogP contribution < -0.4 is 9.64 Å². The molecule has 0 saturated carbocycles. The molecule has 0 spiro atoms. The van der Waals surface area contributed by atoms with Crippen LogP contribution in [0.2, 0.25) is 5.02 Å². The number of imide groups is 1. The lowest BCUT2D eigenvalue weighted by Crippen LogP contribution is -2.31. The molecular formula is C17H13ClN2O5S. The second-order valence-electron chi connectivity index (χ2n) is 5.36. The summed E-state index contributed by atoms with van der Waals surface area (Å²) in [7, 11) is 1.46. The van der Waals surface area contributed by atoms with E-state index in [0.29, 0.717) is 11.4 Å². The Kier molecular flexibility index (Phi) is 5.15. The average molecular weight is 393 g/mol. The number of ether oxygens (including phenoxy) is 1. The largest absolute Gasteiger partial charge is 0.495 e. The highest BCUT2D eigenvalue weighted by molar-refractivity contribution is 8.00. The zero-order chi connectivity index (χ0) is 18.8. The summed E-state index contributed by atoms with van der Waals surface area (Å²) in [5.74, 6) is -1.54. The summed E-state index contributed by atoms with van der Waals surface area (Å²) in [5, 5.41) is 8.94. The number of amides is 2. The van der Waals surface area contributed by atoms with E-state index in [4.69, 9.17) is 16.3 Å². The van der Waals surface area contributed by atoms with Crippen molar-refractivity contribution in [3.05, 3.63) is 47.1 Å². The van der Waals surface area contributed by atoms with Crippen molar-refractivity contribution in [1.82, 2.24) is 4.98 Å². The molecule has 1 saturated heterocycles. The number of hydrogen-bond acceptors (Lipinski definition) is 6. The Morgan fingerprint density at radius 2 is 2.15 bits per heavy atom. The summed E-state index contributed by atoms with van der Waals surface area (Å²) in [4.78, 5) is 41.4. The van der Waals surface area contributed by atoms with Crippen LogP contribution in [0.15, 0.2) is 41.6 Å². The monoisotopic (exact) mass is 392 g/mol. The standard InChI is InChI=1S/C17H13ClN2O5S/c1-25-12-5-4-9(7-11(12)18)20-14(21)8-13(16(20)22)26-15-10(17(23)24)3-2-6-19-15/h2-7,13H,8H2,1H3,(H,23,24). The molecule has 0 radical (unpaired) electrons. The van der Waals surface area contributed by atoms with Crippen molar-refractivity contribution in [2.45, 2.75) is 16.7 Å². The van der Waals surface area contributed by atoms with Crippen LogP contribution in [0.25, 0.3) is 0 Å². The Hall–Kier alpha value is -2.58. The Bertz CT molecular complexity index is 904. The van der Waals surface area contributed by atoms with Gasteiger partial charge < -0.3 is 9.84 Å². The van der Waals surface area contributed by atoms with Crippen LogP contribution in [0.5, 0.6) is 5.75 Å². The van der Waals surface area contributed by atoms with Crippen LogP contribution >= 0.6 is 23.4 Å². The van der Waals surface area contributed by atoms with Crippen molar-refractivity contribution < 1.29 is 24.2 Å². The first-order chi connectivity index (χ1) is 12.4. The third-order valence-corrected chi connectivity index (χ3v) is 5.25. The molecule has 1 aliphatic rings. The van der Waals surface area contributed by atoms with E-state index in [-0.39, 0.29) is 27.9 Å². The minimum atomic E-state index is -1.14. The summed E-state index contributed by atoms with van der Waals surface area (Å²) < 4.78 is 5.06. The van der Waals surface area contributed by atoms with Crippen molar-refractivity contribution in [3.63, 3.8) is 0 Å². The van der Waals surface area contributed by atoms with Gasteiger partial charge in [0.1, 0.15) is 10.8 Å². The fourth-order valence-electron chi connectivity index (χ4n) is 2.54.